The Bertz CT molecular complexity index is 586. The van der Waals surface area contributed by atoms with E-state index in [0.717, 1.165) is 55.2 Å². The number of nitrogens with one attached hydrogen (secondary N) is 1. The molecule has 0 amide bonds. The molecular weight excluding hydrogens is 406 g/mol. The van der Waals surface area contributed by atoms with Gasteiger partial charge < -0.3 is 15.1 Å². The van der Waals surface area contributed by atoms with Gasteiger partial charge in [0.15, 0.2) is 0 Å². The second-order valence-corrected chi connectivity index (χ2v) is 9.84. The van der Waals surface area contributed by atoms with Crippen molar-refractivity contribution in [2.45, 2.75) is 31.2 Å². The summed E-state index contributed by atoms with van der Waals surface area (Å²) in [6.45, 7) is 6.53. The number of hydrogen-bond donors (Lipinski definition) is 3. The Hall–Kier alpha value is 0.0900. The summed E-state index contributed by atoms with van der Waals surface area (Å²) in [6, 6.07) is 9.34. The molecule has 0 radical (unpaired) electrons. The van der Waals surface area contributed by atoms with Crippen LogP contribution in [0.5, 0.6) is 0 Å². The van der Waals surface area contributed by atoms with Crippen molar-refractivity contribution in [2.75, 3.05) is 57.8 Å². The topological polar surface area (TPSA) is 18.5 Å². The largest absolute Gasteiger partial charge is 0.315 e. The van der Waals surface area contributed by atoms with Crippen LogP contribution in [-0.2, 0) is 0 Å². The normalized spacial score (nSPS) is 28.0. The zero-order valence-electron chi connectivity index (χ0n) is 17.1. The fourth-order valence-electron chi connectivity index (χ4n) is 5.31. The first kappa shape index (κ1) is 22.8. The van der Waals surface area contributed by atoms with Crippen LogP contribution >= 0.6 is 36.9 Å². The summed E-state index contributed by atoms with van der Waals surface area (Å²) in [7, 11) is 2.34. The van der Waals surface area contributed by atoms with Crippen LogP contribution in [0.2, 0.25) is 5.02 Å². The lowest BCUT2D eigenvalue weighted by Gasteiger charge is -2.40. The summed E-state index contributed by atoms with van der Waals surface area (Å²) in [6.07, 6.45) is 4.02. The van der Waals surface area contributed by atoms with Gasteiger partial charge in [0.05, 0.1) is 0 Å². The van der Waals surface area contributed by atoms with Crippen molar-refractivity contribution in [1.29, 1.82) is 0 Å². The van der Waals surface area contributed by atoms with Gasteiger partial charge in [0.1, 0.15) is 0 Å². The van der Waals surface area contributed by atoms with Crippen molar-refractivity contribution in [3.05, 3.63) is 34.9 Å². The minimum absolute atomic E-state index is 0.618. The van der Waals surface area contributed by atoms with Gasteiger partial charge >= 0.3 is 0 Å². The third kappa shape index (κ3) is 6.05. The van der Waals surface area contributed by atoms with E-state index in [1.807, 2.05) is 0 Å². The van der Waals surface area contributed by atoms with Gasteiger partial charge in [-0.15, -0.1) is 0 Å². The number of hydrogen-bond acceptors (Lipinski definition) is 5. The molecular formula is C22H36ClN3S2. The fourth-order valence-corrected chi connectivity index (χ4v) is 5.88. The SMILES string of the molecule is CN1CC2CCC1[C@@H](CN(CCS)CCNCCS)[C@@H](c1ccc(Cl)cc1)C2. The van der Waals surface area contributed by atoms with Crippen molar-refractivity contribution < 1.29 is 0 Å². The monoisotopic (exact) mass is 441 g/mol. The van der Waals surface area contributed by atoms with Crippen LogP contribution in [0.15, 0.2) is 24.3 Å². The summed E-state index contributed by atoms with van der Waals surface area (Å²) >= 11 is 15.0. The van der Waals surface area contributed by atoms with Gasteiger partial charge in [-0.3, -0.25) is 0 Å². The highest BCUT2D eigenvalue weighted by molar-refractivity contribution is 7.80. The third-order valence-corrected chi connectivity index (χ3v) is 7.33. The Labute approximate surface area is 187 Å². The molecule has 4 rings (SSSR count). The van der Waals surface area contributed by atoms with Crippen LogP contribution in [0.4, 0.5) is 0 Å². The van der Waals surface area contributed by atoms with Crippen molar-refractivity contribution in [3.63, 3.8) is 0 Å². The van der Waals surface area contributed by atoms with E-state index in [-0.39, 0.29) is 0 Å². The standard InChI is InChI=1S/C22H36ClN3S2/c1-25-15-17-2-7-22(25)21(16-26(11-13-28)10-8-24-9-12-27)20(14-17)18-3-5-19(23)6-4-18/h3-6,17,20-22,24,27-28H,2,7-16H2,1H3/t17?,20-,21+,22?/m1/s1. The van der Waals surface area contributed by atoms with Crippen LogP contribution in [0.25, 0.3) is 0 Å². The molecule has 0 spiro atoms. The van der Waals surface area contributed by atoms with E-state index >= 15 is 0 Å². The van der Waals surface area contributed by atoms with Gasteiger partial charge in [-0.25, -0.2) is 0 Å². The summed E-state index contributed by atoms with van der Waals surface area (Å²) in [4.78, 5) is 5.27. The lowest BCUT2D eigenvalue weighted by Crippen LogP contribution is -2.47. The van der Waals surface area contributed by atoms with Gasteiger partial charge in [0.2, 0.25) is 0 Å². The molecule has 1 N–H and O–H groups in total. The summed E-state index contributed by atoms with van der Waals surface area (Å²) < 4.78 is 0. The number of rotatable bonds is 10. The maximum atomic E-state index is 6.18. The highest BCUT2D eigenvalue weighted by Gasteiger charge is 2.42. The number of piperidine rings is 1. The number of nitrogens with zero attached hydrogens (tertiary/aromatic N) is 2. The van der Waals surface area contributed by atoms with E-state index in [1.54, 1.807) is 0 Å². The van der Waals surface area contributed by atoms with Crippen LogP contribution in [0.1, 0.15) is 30.7 Å². The predicted molar refractivity (Wildman–Crippen MR) is 128 cm³/mol. The highest BCUT2D eigenvalue weighted by atomic mass is 35.5. The van der Waals surface area contributed by atoms with Gasteiger partial charge in [0.25, 0.3) is 0 Å². The number of halogens is 1. The molecule has 6 heteroatoms. The first-order chi connectivity index (χ1) is 13.6. The molecule has 2 saturated heterocycles. The first-order valence-corrected chi connectivity index (χ1v) is 12.4. The minimum atomic E-state index is 0.618. The average molecular weight is 442 g/mol. The Morgan fingerprint density at radius 3 is 2.57 bits per heavy atom. The summed E-state index contributed by atoms with van der Waals surface area (Å²) in [5.41, 5.74) is 1.47. The molecule has 2 bridgehead atoms. The van der Waals surface area contributed by atoms with Crippen molar-refractivity contribution in [3.8, 4) is 0 Å². The highest BCUT2D eigenvalue weighted by Crippen LogP contribution is 2.45. The van der Waals surface area contributed by atoms with E-state index in [9.17, 15) is 0 Å². The predicted octanol–water partition coefficient (Wildman–Crippen LogP) is 3.91. The smallest absolute Gasteiger partial charge is 0.0406 e. The zero-order valence-corrected chi connectivity index (χ0v) is 19.6. The molecule has 2 unspecified atom stereocenters. The molecule has 1 aromatic carbocycles. The van der Waals surface area contributed by atoms with Crippen molar-refractivity contribution in [2.24, 2.45) is 11.8 Å². The lowest BCUT2D eigenvalue weighted by molar-refractivity contribution is 0.100. The van der Waals surface area contributed by atoms with E-state index in [4.69, 9.17) is 11.6 Å². The summed E-state index contributed by atoms with van der Waals surface area (Å²) in [5, 5.41) is 4.33. The van der Waals surface area contributed by atoms with Crippen LogP contribution in [-0.4, -0.2) is 73.7 Å². The van der Waals surface area contributed by atoms with Gasteiger partial charge in [-0.2, -0.15) is 25.3 Å². The summed E-state index contributed by atoms with van der Waals surface area (Å²) in [5.74, 6) is 3.90. The van der Waals surface area contributed by atoms with E-state index in [0.29, 0.717) is 17.9 Å². The quantitative estimate of drug-likeness (QED) is 0.378. The number of fused-ring (bicyclic) bond motifs is 4. The Morgan fingerprint density at radius 1 is 1.11 bits per heavy atom. The second-order valence-electron chi connectivity index (χ2n) is 8.51. The number of benzene rings is 1. The van der Waals surface area contributed by atoms with E-state index in [1.165, 1.54) is 31.4 Å². The molecule has 0 aromatic heterocycles. The first-order valence-electron chi connectivity index (χ1n) is 10.7. The molecule has 158 valence electrons. The van der Waals surface area contributed by atoms with Gasteiger partial charge in [0, 0.05) is 61.8 Å². The Kier molecular flexibility index (Phi) is 9.33. The van der Waals surface area contributed by atoms with Gasteiger partial charge in [-0.05, 0) is 61.8 Å². The molecule has 28 heavy (non-hydrogen) atoms. The van der Waals surface area contributed by atoms with Crippen molar-refractivity contribution >= 4 is 36.9 Å². The molecule has 3 fully saturated rings. The third-order valence-electron chi connectivity index (χ3n) is 6.66. The second kappa shape index (κ2) is 11.5. The van der Waals surface area contributed by atoms with Crippen LogP contribution in [0.3, 0.4) is 0 Å². The minimum Gasteiger partial charge on any atom is -0.315 e. The zero-order chi connectivity index (χ0) is 19.9. The van der Waals surface area contributed by atoms with Crippen molar-refractivity contribution in [1.82, 2.24) is 15.1 Å². The Morgan fingerprint density at radius 2 is 1.89 bits per heavy atom. The Balaban J connectivity index is 1.78. The molecule has 1 aliphatic carbocycles. The van der Waals surface area contributed by atoms with E-state index < -0.39 is 0 Å². The van der Waals surface area contributed by atoms with Crippen LogP contribution in [0, 0.1) is 11.8 Å². The average Bonchev–Trinajstić information content (AvgIpc) is 2.93. The number of thiol groups is 2. The van der Waals surface area contributed by atoms with Crippen LogP contribution < -0.4 is 5.32 Å². The lowest BCUT2D eigenvalue weighted by atomic mass is 9.79. The van der Waals surface area contributed by atoms with Gasteiger partial charge in [-0.1, -0.05) is 23.7 Å². The maximum absolute atomic E-state index is 6.18. The van der Waals surface area contributed by atoms with E-state index in [2.05, 4.69) is 71.7 Å². The fraction of sp³-hybridized carbons (Fsp3) is 0.727. The molecule has 1 saturated carbocycles. The molecule has 3 aliphatic rings. The molecule has 3 nitrogen and oxygen atoms in total. The molecule has 2 heterocycles. The molecule has 2 aliphatic heterocycles. The maximum Gasteiger partial charge on any atom is 0.0406 e. The molecule has 4 atom stereocenters. The molecule has 1 aromatic rings.